The van der Waals surface area contributed by atoms with Gasteiger partial charge in [-0.3, -0.25) is 24.0 Å². The Morgan fingerprint density at radius 2 is 1.71 bits per heavy atom. The van der Waals surface area contributed by atoms with Gasteiger partial charge in [-0.1, -0.05) is 42.5 Å². The Morgan fingerprint density at radius 1 is 0.959 bits per heavy atom. The molecule has 0 unspecified atom stereocenters. The Hall–Kier alpha value is -5.00. The summed E-state index contributed by atoms with van der Waals surface area (Å²) in [4.78, 5) is 73.6. The topological polar surface area (TPSA) is 120 Å². The highest BCUT2D eigenvalue weighted by Gasteiger charge is 2.39. The quantitative estimate of drug-likeness (QED) is 0.456. The number of nitrogens with zero attached hydrogens (tertiary/aromatic N) is 4. The minimum absolute atomic E-state index is 0.0368. The first kappa shape index (κ1) is 33.9. The summed E-state index contributed by atoms with van der Waals surface area (Å²) in [5, 5.41) is 5.12. The number of benzene rings is 3. The first-order chi connectivity index (χ1) is 23.6. The van der Waals surface area contributed by atoms with Crippen molar-refractivity contribution in [3.8, 4) is 5.75 Å². The van der Waals surface area contributed by atoms with E-state index in [2.05, 4.69) is 5.32 Å². The van der Waals surface area contributed by atoms with Crippen molar-refractivity contribution in [1.29, 1.82) is 0 Å². The van der Waals surface area contributed by atoms with Crippen molar-refractivity contribution in [2.75, 3.05) is 46.9 Å². The smallest absolute Gasteiger partial charge is 0.258 e. The maximum atomic E-state index is 14.6. The predicted molar refractivity (Wildman–Crippen MR) is 180 cm³/mol. The van der Waals surface area contributed by atoms with E-state index >= 15 is 0 Å². The molecule has 3 atom stereocenters. The first-order valence-electron chi connectivity index (χ1n) is 16.9. The molecule has 0 aliphatic carbocycles. The molecular formula is C37H42FN5O6. The van der Waals surface area contributed by atoms with Crippen molar-refractivity contribution in [3.63, 3.8) is 0 Å². The lowest BCUT2D eigenvalue weighted by Gasteiger charge is -2.31. The van der Waals surface area contributed by atoms with Gasteiger partial charge in [-0.15, -0.1) is 0 Å². The molecule has 0 spiro atoms. The first-order valence-corrected chi connectivity index (χ1v) is 16.9. The summed E-state index contributed by atoms with van der Waals surface area (Å²) in [5.74, 6) is -2.25. The number of amides is 5. The minimum atomic E-state index is -0.957. The third-order valence-corrected chi connectivity index (χ3v) is 9.85. The van der Waals surface area contributed by atoms with Crippen molar-refractivity contribution in [2.24, 2.45) is 0 Å². The Morgan fingerprint density at radius 3 is 2.51 bits per heavy atom. The average molecular weight is 672 g/mol. The monoisotopic (exact) mass is 671 g/mol. The van der Waals surface area contributed by atoms with E-state index in [0.29, 0.717) is 19.5 Å². The number of rotatable bonds is 4. The standard InChI is InChI=1S/C37H42FN5O6/c1-40-22-35(46)43-21-27(39-33(44)18-25-10-7-9-24-8-3-4-11-29(24)25)20-28(43)23-49-32-14-12-26(38)19-30(32)36(47)41(2)31(13-15-34(40)45)37(48)42-16-5-6-17-42/h3-4,7-12,14,19,27-28,31H,5-6,13,15-18,20-23H2,1-2H3,(H,39,44)/t27-,28-,31+/m0/s1. The van der Waals surface area contributed by atoms with Gasteiger partial charge in [-0.25, -0.2) is 4.39 Å². The van der Waals surface area contributed by atoms with Crippen LogP contribution in [0.3, 0.4) is 0 Å². The summed E-state index contributed by atoms with van der Waals surface area (Å²) in [6.07, 6.45) is 2.22. The lowest BCUT2D eigenvalue weighted by Crippen LogP contribution is -2.49. The fourth-order valence-corrected chi connectivity index (χ4v) is 7.16. The molecule has 0 saturated carbocycles. The number of ether oxygens (including phenoxy) is 1. The molecule has 0 radical (unpaired) electrons. The van der Waals surface area contributed by atoms with Crippen LogP contribution >= 0.6 is 0 Å². The van der Waals surface area contributed by atoms with E-state index in [1.54, 1.807) is 9.80 Å². The predicted octanol–water partition coefficient (Wildman–Crippen LogP) is 3.00. The lowest BCUT2D eigenvalue weighted by molar-refractivity contribution is -0.141. The zero-order chi connectivity index (χ0) is 34.7. The summed E-state index contributed by atoms with van der Waals surface area (Å²) in [6.45, 7) is 1.10. The van der Waals surface area contributed by atoms with Crippen molar-refractivity contribution < 1.29 is 33.1 Å². The van der Waals surface area contributed by atoms with Crippen LogP contribution in [-0.2, 0) is 25.6 Å². The van der Waals surface area contributed by atoms with Gasteiger partial charge >= 0.3 is 0 Å². The van der Waals surface area contributed by atoms with Gasteiger partial charge < -0.3 is 29.7 Å². The van der Waals surface area contributed by atoms with Crippen LogP contribution in [0.15, 0.2) is 60.7 Å². The van der Waals surface area contributed by atoms with Crippen LogP contribution in [-0.4, -0.2) is 114 Å². The van der Waals surface area contributed by atoms with E-state index in [9.17, 15) is 28.4 Å². The summed E-state index contributed by atoms with van der Waals surface area (Å²) in [6, 6.07) is 15.5. The van der Waals surface area contributed by atoms with Crippen LogP contribution in [0.4, 0.5) is 4.39 Å². The Kier molecular flexibility index (Phi) is 10.1. The third-order valence-electron chi connectivity index (χ3n) is 9.85. The van der Waals surface area contributed by atoms with Gasteiger partial charge in [-0.2, -0.15) is 0 Å². The minimum Gasteiger partial charge on any atom is -0.491 e. The summed E-state index contributed by atoms with van der Waals surface area (Å²) < 4.78 is 20.7. The number of carbonyl (C=O) groups is 5. The van der Waals surface area contributed by atoms with E-state index < -0.39 is 23.8 Å². The molecule has 3 aliphatic heterocycles. The molecule has 3 aromatic carbocycles. The van der Waals surface area contributed by atoms with E-state index in [1.165, 1.54) is 36.0 Å². The zero-order valence-corrected chi connectivity index (χ0v) is 27.9. The number of hydrogen-bond acceptors (Lipinski definition) is 6. The fourth-order valence-electron chi connectivity index (χ4n) is 7.16. The summed E-state index contributed by atoms with van der Waals surface area (Å²) in [7, 11) is 3.02. The SMILES string of the molecule is CN1CC(=O)N2C[C@@H](NC(=O)Cc3cccc4ccccc34)C[C@H]2COc2ccc(F)cc2C(=O)N(C)[C@@H](C(=O)N2CCCC2)CCC1=O. The number of halogens is 1. The Bertz CT molecular complexity index is 1750. The maximum absolute atomic E-state index is 14.6. The van der Waals surface area contributed by atoms with Gasteiger partial charge in [-0.05, 0) is 60.2 Å². The molecule has 12 heteroatoms. The van der Waals surface area contributed by atoms with E-state index in [0.717, 1.165) is 35.2 Å². The molecule has 6 rings (SSSR count). The second-order valence-electron chi connectivity index (χ2n) is 13.2. The highest BCUT2D eigenvalue weighted by Crippen LogP contribution is 2.27. The number of likely N-dealkylation sites (N-methyl/N-ethyl adjacent to an activating group) is 2. The van der Waals surface area contributed by atoms with E-state index in [-0.39, 0.29) is 79.9 Å². The maximum Gasteiger partial charge on any atom is 0.258 e. The van der Waals surface area contributed by atoms with Gasteiger partial charge in [0.25, 0.3) is 5.91 Å². The van der Waals surface area contributed by atoms with Crippen molar-refractivity contribution in [1.82, 2.24) is 24.9 Å². The zero-order valence-electron chi connectivity index (χ0n) is 27.9. The molecule has 1 N–H and O–H groups in total. The lowest BCUT2D eigenvalue weighted by atomic mass is 10.0. The van der Waals surface area contributed by atoms with Gasteiger partial charge in [0, 0.05) is 46.2 Å². The van der Waals surface area contributed by atoms with Gasteiger partial charge in [0.1, 0.15) is 24.2 Å². The molecule has 0 aromatic heterocycles. The Labute approximate surface area is 284 Å². The largest absolute Gasteiger partial charge is 0.491 e. The van der Waals surface area contributed by atoms with Crippen LogP contribution in [0.2, 0.25) is 0 Å². The summed E-state index contributed by atoms with van der Waals surface area (Å²) >= 11 is 0. The average Bonchev–Trinajstić information content (AvgIpc) is 3.78. The van der Waals surface area contributed by atoms with Gasteiger partial charge in [0.2, 0.25) is 23.6 Å². The van der Waals surface area contributed by atoms with Crippen LogP contribution in [0.25, 0.3) is 10.8 Å². The number of fused-ring (bicyclic) bond motifs is 3. The highest BCUT2D eigenvalue weighted by molar-refractivity contribution is 6.00. The molecule has 258 valence electrons. The molecule has 5 amide bonds. The van der Waals surface area contributed by atoms with Crippen LogP contribution in [0.5, 0.6) is 5.75 Å². The second kappa shape index (κ2) is 14.6. The van der Waals surface area contributed by atoms with Gasteiger partial charge in [0.05, 0.1) is 24.6 Å². The molecule has 2 fully saturated rings. The van der Waals surface area contributed by atoms with Crippen molar-refractivity contribution in [2.45, 2.75) is 56.7 Å². The van der Waals surface area contributed by atoms with Crippen LogP contribution in [0, 0.1) is 5.82 Å². The molecule has 11 nitrogen and oxygen atoms in total. The molecule has 0 bridgehead atoms. The molecule has 2 saturated heterocycles. The molecule has 3 heterocycles. The fraction of sp³-hybridized carbons (Fsp3) is 0.432. The van der Waals surface area contributed by atoms with E-state index in [4.69, 9.17) is 4.74 Å². The molecule has 3 aliphatic rings. The third kappa shape index (κ3) is 7.53. The molecular weight excluding hydrogens is 629 g/mol. The van der Waals surface area contributed by atoms with E-state index in [1.807, 2.05) is 42.5 Å². The number of carbonyl (C=O) groups excluding carboxylic acids is 5. The van der Waals surface area contributed by atoms with Crippen LogP contribution in [0.1, 0.15) is 48.0 Å². The highest BCUT2D eigenvalue weighted by atomic mass is 19.1. The number of nitrogens with one attached hydrogen (secondary N) is 1. The molecule has 49 heavy (non-hydrogen) atoms. The summed E-state index contributed by atoms with van der Waals surface area (Å²) in [5.41, 5.74) is 0.835. The Balaban J connectivity index is 1.23. The van der Waals surface area contributed by atoms with Gasteiger partial charge in [0.15, 0.2) is 0 Å². The van der Waals surface area contributed by atoms with Crippen LogP contribution < -0.4 is 10.1 Å². The second-order valence-corrected chi connectivity index (χ2v) is 13.2. The normalized spacial score (nSPS) is 22.3. The van der Waals surface area contributed by atoms with Crippen molar-refractivity contribution >= 4 is 40.3 Å². The number of hydrogen-bond donors (Lipinski definition) is 1. The number of likely N-dealkylation sites (tertiary alicyclic amines) is 1. The molecule has 3 aromatic rings. The van der Waals surface area contributed by atoms with Crippen molar-refractivity contribution in [3.05, 3.63) is 77.6 Å².